The van der Waals surface area contributed by atoms with E-state index in [4.69, 9.17) is 4.74 Å². The molecule has 1 unspecified atom stereocenters. The molecule has 0 spiro atoms. The molecule has 8 heteroatoms. The molecule has 130 valence electrons. The molecule has 1 aromatic rings. The Kier molecular flexibility index (Phi) is 5.27. The molecule has 2 heterocycles. The Hall–Kier alpha value is -1.06. The van der Waals surface area contributed by atoms with Crippen LogP contribution in [0, 0.1) is 5.92 Å². The zero-order chi connectivity index (χ0) is 16.4. The van der Waals surface area contributed by atoms with Gasteiger partial charge in [-0.3, -0.25) is 0 Å². The van der Waals surface area contributed by atoms with Crippen molar-refractivity contribution in [3.63, 3.8) is 0 Å². The molecule has 0 bridgehead atoms. The Labute approximate surface area is 134 Å². The molecule has 3 rings (SSSR count). The molecule has 1 saturated carbocycles. The molecule has 0 amide bonds. The molecule has 0 aromatic carbocycles. The average molecular weight is 327 g/mol. The Morgan fingerprint density at radius 2 is 1.78 bits per heavy atom. The molecule has 1 aliphatic heterocycles. The van der Waals surface area contributed by atoms with Crippen LogP contribution in [0.15, 0.2) is 6.20 Å². The second kappa shape index (κ2) is 7.23. The maximum atomic E-state index is 9.95. The van der Waals surface area contributed by atoms with Gasteiger partial charge in [-0.2, -0.15) is 0 Å². The zero-order valence-corrected chi connectivity index (χ0v) is 13.0. The number of ether oxygens (including phenoxy) is 1. The quantitative estimate of drug-likeness (QED) is 0.571. The van der Waals surface area contributed by atoms with Gasteiger partial charge in [0.1, 0.15) is 24.4 Å². The lowest BCUT2D eigenvalue weighted by Gasteiger charge is -2.38. The minimum atomic E-state index is -1.52. The van der Waals surface area contributed by atoms with E-state index in [1.807, 2.05) is 6.20 Å². The van der Waals surface area contributed by atoms with Gasteiger partial charge >= 0.3 is 0 Å². The molecule has 1 saturated heterocycles. The molecule has 1 aromatic heterocycles. The van der Waals surface area contributed by atoms with Crippen LogP contribution in [0.3, 0.4) is 0 Å². The van der Waals surface area contributed by atoms with E-state index in [0.29, 0.717) is 5.92 Å². The predicted molar refractivity (Wildman–Crippen MR) is 79.2 cm³/mol. The van der Waals surface area contributed by atoms with Gasteiger partial charge in [0.2, 0.25) is 0 Å². The summed E-state index contributed by atoms with van der Waals surface area (Å²) in [5.74, 6) is 0.657. The molecule has 0 radical (unpaired) electrons. The molecular weight excluding hydrogens is 302 g/mol. The highest BCUT2D eigenvalue weighted by Gasteiger charge is 2.43. The van der Waals surface area contributed by atoms with Crippen LogP contribution in [0.2, 0.25) is 0 Å². The Morgan fingerprint density at radius 1 is 1.04 bits per heavy atom. The third-order valence-corrected chi connectivity index (χ3v) is 4.86. The molecule has 2 fully saturated rings. The summed E-state index contributed by atoms with van der Waals surface area (Å²) < 4.78 is 6.70. The third kappa shape index (κ3) is 3.89. The number of nitrogens with zero attached hydrogens (tertiary/aromatic N) is 3. The van der Waals surface area contributed by atoms with Gasteiger partial charge in [-0.15, -0.1) is 5.10 Å². The van der Waals surface area contributed by atoms with Crippen LogP contribution in [-0.2, 0) is 17.7 Å². The van der Waals surface area contributed by atoms with Crippen molar-refractivity contribution in [1.29, 1.82) is 0 Å². The van der Waals surface area contributed by atoms with E-state index in [9.17, 15) is 20.4 Å². The summed E-state index contributed by atoms with van der Waals surface area (Å²) in [6, 6.07) is 0. The molecule has 1 aliphatic carbocycles. The first kappa shape index (κ1) is 16.8. The third-order valence-electron chi connectivity index (χ3n) is 4.86. The summed E-state index contributed by atoms with van der Waals surface area (Å²) in [4.78, 5) is 0. The lowest BCUT2D eigenvalue weighted by Crippen LogP contribution is -2.58. The fraction of sp³-hybridized carbons (Fsp3) is 0.867. The van der Waals surface area contributed by atoms with E-state index < -0.39 is 30.7 Å². The monoisotopic (exact) mass is 327 g/mol. The van der Waals surface area contributed by atoms with Gasteiger partial charge in [-0.1, -0.05) is 37.3 Å². The fourth-order valence-electron chi connectivity index (χ4n) is 3.47. The smallest absolute Gasteiger partial charge is 0.184 e. The number of aromatic nitrogens is 3. The van der Waals surface area contributed by atoms with Crippen molar-refractivity contribution in [3.05, 3.63) is 11.9 Å². The maximum Gasteiger partial charge on any atom is 0.184 e. The highest BCUT2D eigenvalue weighted by molar-refractivity contribution is 4.96. The second-order valence-electron chi connectivity index (χ2n) is 6.68. The van der Waals surface area contributed by atoms with Crippen molar-refractivity contribution >= 4 is 0 Å². The molecule has 5 atom stereocenters. The molecule has 23 heavy (non-hydrogen) atoms. The Bertz CT molecular complexity index is 505. The summed E-state index contributed by atoms with van der Waals surface area (Å²) in [5.41, 5.74) is 0.906. The van der Waals surface area contributed by atoms with E-state index in [0.717, 1.165) is 12.1 Å². The topological polar surface area (TPSA) is 121 Å². The van der Waals surface area contributed by atoms with E-state index in [1.54, 1.807) is 4.68 Å². The molecule has 8 nitrogen and oxygen atoms in total. The van der Waals surface area contributed by atoms with Gasteiger partial charge in [0.25, 0.3) is 0 Å². The van der Waals surface area contributed by atoms with Gasteiger partial charge in [0.05, 0.1) is 12.2 Å². The first-order valence-corrected chi connectivity index (χ1v) is 8.31. The summed E-state index contributed by atoms with van der Waals surface area (Å²) >= 11 is 0. The number of aliphatic hydroxyl groups excluding tert-OH is 4. The Balaban J connectivity index is 1.57. The fourth-order valence-corrected chi connectivity index (χ4v) is 3.47. The summed E-state index contributed by atoms with van der Waals surface area (Å²) in [7, 11) is 0. The van der Waals surface area contributed by atoms with Crippen LogP contribution in [0.1, 0.15) is 37.8 Å². The van der Waals surface area contributed by atoms with Crippen LogP contribution < -0.4 is 0 Å². The van der Waals surface area contributed by atoms with Crippen LogP contribution in [0.25, 0.3) is 0 Å². The van der Waals surface area contributed by atoms with Gasteiger partial charge in [0, 0.05) is 6.20 Å². The molecule has 2 aliphatic rings. The number of aliphatic hydroxyl groups is 4. The second-order valence-corrected chi connectivity index (χ2v) is 6.68. The SMILES string of the molecule is OC1O[C@H](Cn2cc(CC3CCCCC3)nn2)[C@@H](O)[C@H](O)[C@H]1O. The largest absolute Gasteiger partial charge is 0.388 e. The van der Waals surface area contributed by atoms with Crippen LogP contribution in [0.4, 0.5) is 0 Å². The van der Waals surface area contributed by atoms with E-state index in [1.165, 1.54) is 32.1 Å². The van der Waals surface area contributed by atoms with Gasteiger partial charge in [0.15, 0.2) is 6.29 Å². The van der Waals surface area contributed by atoms with Gasteiger partial charge < -0.3 is 25.2 Å². The van der Waals surface area contributed by atoms with Crippen molar-refractivity contribution in [1.82, 2.24) is 15.0 Å². The van der Waals surface area contributed by atoms with E-state index in [2.05, 4.69) is 10.3 Å². The summed E-state index contributed by atoms with van der Waals surface area (Å²) in [5, 5.41) is 46.8. The minimum Gasteiger partial charge on any atom is -0.388 e. The number of hydrogen-bond acceptors (Lipinski definition) is 7. The van der Waals surface area contributed by atoms with Crippen molar-refractivity contribution in [2.45, 2.75) is 75.8 Å². The van der Waals surface area contributed by atoms with E-state index >= 15 is 0 Å². The first-order chi connectivity index (χ1) is 11.0. The highest BCUT2D eigenvalue weighted by Crippen LogP contribution is 2.26. The zero-order valence-electron chi connectivity index (χ0n) is 13.0. The molecular formula is C15H25N3O5. The maximum absolute atomic E-state index is 9.95. The standard InChI is InChI=1S/C15H25N3O5/c19-12-11(23-15(22)14(21)13(12)20)8-18-7-10(16-17-18)6-9-4-2-1-3-5-9/h7,9,11-15,19-22H,1-6,8H2/t11-,12-,13+,14-,15?/m1/s1. The minimum absolute atomic E-state index is 0.152. The summed E-state index contributed by atoms with van der Waals surface area (Å²) in [6.45, 7) is 0.152. The lowest BCUT2D eigenvalue weighted by atomic mass is 9.86. The number of rotatable bonds is 4. The average Bonchev–Trinajstić information content (AvgIpc) is 2.98. The van der Waals surface area contributed by atoms with Crippen molar-refractivity contribution in [2.24, 2.45) is 5.92 Å². The number of hydrogen-bond donors (Lipinski definition) is 4. The van der Waals surface area contributed by atoms with Gasteiger partial charge in [-0.05, 0) is 12.3 Å². The normalized spacial score (nSPS) is 36.3. The van der Waals surface area contributed by atoms with Crippen molar-refractivity contribution in [2.75, 3.05) is 0 Å². The Morgan fingerprint density at radius 3 is 2.52 bits per heavy atom. The van der Waals surface area contributed by atoms with Crippen molar-refractivity contribution in [3.8, 4) is 0 Å². The van der Waals surface area contributed by atoms with E-state index in [-0.39, 0.29) is 6.54 Å². The van der Waals surface area contributed by atoms with Crippen LogP contribution >= 0.6 is 0 Å². The first-order valence-electron chi connectivity index (χ1n) is 8.31. The predicted octanol–water partition coefficient (Wildman–Crippen LogP) is -0.799. The van der Waals surface area contributed by atoms with Gasteiger partial charge in [-0.25, -0.2) is 4.68 Å². The van der Waals surface area contributed by atoms with Crippen LogP contribution in [-0.4, -0.2) is 66.1 Å². The van der Waals surface area contributed by atoms with Crippen molar-refractivity contribution < 1.29 is 25.2 Å². The highest BCUT2D eigenvalue weighted by atomic mass is 16.6. The van der Waals surface area contributed by atoms with Crippen LogP contribution in [0.5, 0.6) is 0 Å². The summed E-state index contributed by atoms with van der Waals surface area (Å²) in [6.07, 6.45) is 2.41. The lowest BCUT2D eigenvalue weighted by molar-refractivity contribution is -0.284. The molecule has 4 N–H and O–H groups in total.